The van der Waals surface area contributed by atoms with E-state index >= 15 is 0 Å². The lowest BCUT2D eigenvalue weighted by Gasteiger charge is -2.28. The minimum atomic E-state index is -0.497. The van der Waals surface area contributed by atoms with Crippen molar-refractivity contribution in [2.24, 2.45) is 0 Å². The minimum absolute atomic E-state index is 0.118. The molecule has 0 aliphatic heterocycles. The number of halogens is 2. The predicted octanol–water partition coefficient (Wildman–Crippen LogP) is 5.55. The molecule has 35 heavy (non-hydrogen) atoms. The first kappa shape index (κ1) is 26.7. The number of nitrogens with zero attached hydrogens (tertiary/aromatic N) is 2. The van der Waals surface area contributed by atoms with E-state index in [1.54, 1.807) is 30.6 Å². The molecule has 0 saturated carbocycles. The Morgan fingerprint density at radius 2 is 1.91 bits per heavy atom. The molecule has 0 spiro atoms. The van der Waals surface area contributed by atoms with Crippen LogP contribution < -0.4 is 9.64 Å². The van der Waals surface area contributed by atoms with Gasteiger partial charge in [0.1, 0.15) is 19.0 Å². The molecule has 1 aliphatic rings. The molecule has 1 aromatic heterocycles. The van der Waals surface area contributed by atoms with Gasteiger partial charge in [0.05, 0.1) is 28.9 Å². The summed E-state index contributed by atoms with van der Waals surface area (Å²) in [4.78, 5) is 32.5. The second kappa shape index (κ2) is 13.3. The molecule has 186 valence electrons. The summed E-state index contributed by atoms with van der Waals surface area (Å²) < 4.78 is 16.0. The van der Waals surface area contributed by atoms with Gasteiger partial charge in [0, 0.05) is 36.7 Å². The van der Waals surface area contributed by atoms with E-state index in [2.05, 4.69) is 11.6 Å². The average Bonchev–Trinajstić information content (AvgIpc) is 2.87. The number of rotatable bonds is 11. The number of carbonyl (C=O) groups is 2. The van der Waals surface area contributed by atoms with Crippen LogP contribution in [0.25, 0.3) is 0 Å². The number of aromatic nitrogens is 1. The van der Waals surface area contributed by atoms with E-state index in [0.29, 0.717) is 40.4 Å². The Labute approximate surface area is 215 Å². The highest BCUT2D eigenvalue weighted by molar-refractivity contribution is 6.37. The summed E-state index contributed by atoms with van der Waals surface area (Å²) in [5, 5.41) is 0.590. The molecule has 1 heterocycles. The molecule has 3 rings (SSSR count). The van der Waals surface area contributed by atoms with E-state index in [0.717, 1.165) is 18.4 Å². The summed E-state index contributed by atoms with van der Waals surface area (Å²) in [5.41, 5.74) is 2.01. The summed E-state index contributed by atoms with van der Waals surface area (Å²) in [5.74, 6) is -0.457. The Morgan fingerprint density at radius 3 is 2.60 bits per heavy atom. The third-order valence-corrected chi connectivity index (χ3v) is 6.05. The van der Waals surface area contributed by atoms with Gasteiger partial charge in [-0.1, -0.05) is 41.9 Å². The van der Waals surface area contributed by atoms with E-state index in [1.807, 2.05) is 6.07 Å². The second-order valence-electron chi connectivity index (χ2n) is 7.88. The molecule has 0 fully saturated rings. The molecule has 2 aromatic rings. The van der Waals surface area contributed by atoms with Crippen LogP contribution in [-0.2, 0) is 25.6 Å². The van der Waals surface area contributed by atoms with E-state index in [1.165, 1.54) is 18.1 Å². The molecule has 1 aromatic carbocycles. The van der Waals surface area contributed by atoms with Crippen molar-refractivity contribution in [1.29, 1.82) is 0 Å². The Hall–Kier alpha value is -2.87. The van der Waals surface area contributed by atoms with E-state index in [4.69, 9.17) is 37.4 Å². The maximum absolute atomic E-state index is 14.0. The fraction of sp³-hybridized carbons (Fsp3) is 0.346. The Bertz CT molecular complexity index is 1090. The zero-order valence-corrected chi connectivity index (χ0v) is 21.1. The van der Waals surface area contributed by atoms with E-state index in [9.17, 15) is 9.59 Å². The van der Waals surface area contributed by atoms with Gasteiger partial charge in [0.2, 0.25) is 0 Å². The minimum Gasteiger partial charge on any atom is -0.488 e. The van der Waals surface area contributed by atoms with Crippen molar-refractivity contribution >= 4 is 40.8 Å². The number of anilines is 1. The van der Waals surface area contributed by atoms with Crippen LogP contribution in [0, 0.1) is 0 Å². The zero-order valence-electron chi connectivity index (χ0n) is 19.6. The highest BCUT2D eigenvalue weighted by atomic mass is 35.5. The van der Waals surface area contributed by atoms with Crippen molar-refractivity contribution in [2.75, 3.05) is 31.8 Å². The maximum Gasteiger partial charge on any atom is 0.334 e. The predicted molar refractivity (Wildman–Crippen MR) is 136 cm³/mol. The number of pyridine rings is 1. The molecule has 9 heteroatoms. The monoisotopic (exact) mass is 518 g/mol. The van der Waals surface area contributed by atoms with Crippen molar-refractivity contribution in [3.63, 3.8) is 0 Å². The van der Waals surface area contributed by atoms with Gasteiger partial charge in [0.15, 0.2) is 0 Å². The molecule has 0 atom stereocenters. The molecule has 0 saturated heterocycles. The number of ether oxygens (including phenoxy) is 3. The van der Waals surface area contributed by atoms with Crippen LogP contribution in [0.1, 0.15) is 31.2 Å². The zero-order chi connectivity index (χ0) is 25.2. The molecule has 1 amide bonds. The van der Waals surface area contributed by atoms with Crippen LogP contribution in [0.2, 0.25) is 10.0 Å². The number of carbonyl (C=O) groups excluding carboxylic acids is 2. The molecule has 0 radical (unpaired) electrons. The lowest BCUT2D eigenvalue weighted by molar-refractivity contribution is -0.140. The van der Waals surface area contributed by atoms with Crippen LogP contribution in [0.3, 0.4) is 0 Å². The topological polar surface area (TPSA) is 78.0 Å². The van der Waals surface area contributed by atoms with Crippen LogP contribution in [0.5, 0.6) is 5.75 Å². The molecular formula is C26H28Cl2N2O5. The normalized spacial score (nSPS) is 13.3. The van der Waals surface area contributed by atoms with Crippen molar-refractivity contribution in [2.45, 2.75) is 32.2 Å². The van der Waals surface area contributed by atoms with Crippen molar-refractivity contribution in [1.82, 2.24) is 4.98 Å². The molecule has 0 unspecified atom stereocenters. The summed E-state index contributed by atoms with van der Waals surface area (Å²) in [7, 11) is 1.53. The number of esters is 1. The number of benzene rings is 1. The van der Waals surface area contributed by atoms with Gasteiger partial charge in [-0.15, -0.1) is 0 Å². The highest BCUT2D eigenvalue weighted by Crippen LogP contribution is 2.39. The Kier molecular flexibility index (Phi) is 10.1. The fourth-order valence-corrected chi connectivity index (χ4v) is 4.30. The number of methoxy groups -OCH3 is 1. The summed E-state index contributed by atoms with van der Waals surface area (Å²) in [6, 6.07) is 6.82. The van der Waals surface area contributed by atoms with Crippen molar-refractivity contribution in [3.8, 4) is 5.75 Å². The largest absolute Gasteiger partial charge is 0.488 e. The summed E-state index contributed by atoms with van der Waals surface area (Å²) in [6.45, 7) is 4.47. The molecule has 1 aliphatic carbocycles. The van der Waals surface area contributed by atoms with E-state index < -0.39 is 5.97 Å². The first-order valence-electron chi connectivity index (χ1n) is 11.3. The molecular weight excluding hydrogens is 491 g/mol. The highest BCUT2D eigenvalue weighted by Gasteiger charge is 2.30. The number of amides is 1. The van der Waals surface area contributed by atoms with Crippen LogP contribution in [-0.4, -0.2) is 43.8 Å². The second-order valence-corrected chi connectivity index (χ2v) is 8.69. The van der Waals surface area contributed by atoms with Crippen LogP contribution in [0.15, 0.2) is 60.5 Å². The first-order valence-corrected chi connectivity index (χ1v) is 12.0. The van der Waals surface area contributed by atoms with Crippen molar-refractivity contribution < 1.29 is 23.8 Å². The number of hydrogen-bond acceptors (Lipinski definition) is 6. The third-order valence-electron chi connectivity index (χ3n) is 5.45. The van der Waals surface area contributed by atoms with Crippen molar-refractivity contribution in [3.05, 3.63) is 76.1 Å². The van der Waals surface area contributed by atoms with Crippen LogP contribution in [0.4, 0.5) is 5.69 Å². The standard InChI is InChI=1S/C26H28Cl2N2O5/c1-3-11-34-24-15-23(21(27)14-22(24)28)30(17-18-7-6-10-29-16-18)25(31)19-8-4-5-9-20(19)26(32)35-13-12-33-2/h3,6-7,10,14-16H,1,4-5,8-9,11-13,17H2,2H3. The third kappa shape index (κ3) is 7.07. The van der Waals surface area contributed by atoms with Gasteiger partial charge in [-0.25, -0.2) is 4.79 Å². The van der Waals surface area contributed by atoms with Gasteiger partial charge in [-0.2, -0.15) is 0 Å². The lowest BCUT2D eigenvalue weighted by Crippen LogP contribution is -2.34. The average molecular weight is 519 g/mol. The van der Waals surface area contributed by atoms with Gasteiger partial charge < -0.3 is 19.1 Å². The quantitative estimate of drug-likeness (QED) is 0.220. The lowest BCUT2D eigenvalue weighted by atomic mass is 9.90. The number of hydrogen-bond donors (Lipinski definition) is 0. The van der Waals surface area contributed by atoms with Gasteiger partial charge >= 0.3 is 5.97 Å². The first-order chi connectivity index (χ1) is 17.0. The van der Waals surface area contributed by atoms with Gasteiger partial charge in [-0.05, 0) is 43.4 Å². The maximum atomic E-state index is 14.0. The van der Waals surface area contributed by atoms with Crippen LogP contribution >= 0.6 is 23.2 Å². The summed E-state index contributed by atoms with van der Waals surface area (Å²) >= 11 is 12.9. The molecule has 7 nitrogen and oxygen atoms in total. The Morgan fingerprint density at radius 1 is 1.14 bits per heavy atom. The Balaban J connectivity index is 2.04. The van der Waals surface area contributed by atoms with E-state index in [-0.39, 0.29) is 37.3 Å². The molecule has 0 N–H and O–H groups in total. The SMILES string of the molecule is C=CCOc1cc(N(Cc2cccnc2)C(=O)C2=C(C(=O)OCCOC)CCCC2)c(Cl)cc1Cl. The van der Waals surface area contributed by atoms with Gasteiger partial charge in [0.25, 0.3) is 5.91 Å². The smallest absolute Gasteiger partial charge is 0.334 e. The van der Waals surface area contributed by atoms with Gasteiger partial charge in [-0.3, -0.25) is 9.78 Å². The fourth-order valence-electron chi connectivity index (χ4n) is 3.76. The molecule has 0 bridgehead atoms. The summed E-state index contributed by atoms with van der Waals surface area (Å²) in [6.07, 6.45) is 7.45.